The van der Waals surface area contributed by atoms with Crippen LogP contribution in [0.15, 0.2) is 34.7 Å². The van der Waals surface area contributed by atoms with Gasteiger partial charge in [-0.05, 0) is 56.7 Å². The number of carbonyl (C=O) groups is 1. The third kappa shape index (κ3) is 2.52. The van der Waals surface area contributed by atoms with Gasteiger partial charge in [0.15, 0.2) is 0 Å². The van der Waals surface area contributed by atoms with Crippen molar-refractivity contribution < 1.29 is 9.21 Å². The van der Waals surface area contributed by atoms with Crippen molar-refractivity contribution in [2.24, 2.45) is 0 Å². The lowest BCUT2D eigenvalue weighted by atomic mass is 10.1. The molecule has 0 atom stereocenters. The highest BCUT2D eigenvalue weighted by Crippen LogP contribution is 2.23. The van der Waals surface area contributed by atoms with Crippen LogP contribution < -0.4 is 0 Å². The van der Waals surface area contributed by atoms with Gasteiger partial charge in [-0.3, -0.25) is 4.79 Å². The van der Waals surface area contributed by atoms with E-state index in [1.54, 1.807) is 11.9 Å². The normalized spacial score (nSPS) is 11.1. The molecule has 0 saturated heterocycles. The Morgan fingerprint density at radius 3 is 2.64 bits per heavy atom. The van der Waals surface area contributed by atoms with Crippen LogP contribution >= 0.6 is 0 Å². The molecule has 0 aliphatic carbocycles. The van der Waals surface area contributed by atoms with Crippen molar-refractivity contribution in [3.05, 3.63) is 58.7 Å². The first-order valence-electron chi connectivity index (χ1n) is 7.35. The maximum Gasteiger partial charge on any atom is 0.254 e. The van der Waals surface area contributed by atoms with E-state index in [0.717, 1.165) is 28.1 Å². The minimum Gasteiger partial charge on any atom is -0.464 e. The molecule has 0 unspecified atom stereocenters. The van der Waals surface area contributed by atoms with Gasteiger partial charge < -0.3 is 14.3 Å². The maximum atomic E-state index is 12.6. The third-order valence-corrected chi connectivity index (χ3v) is 4.09. The number of carbonyl (C=O) groups excluding carboxylic acids is 1. The van der Waals surface area contributed by atoms with E-state index in [2.05, 4.69) is 11.9 Å². The fraction of sp³-hybridized carbons (Fsp3) is 0.278. The smallest absolute Gasteiger partial charge is 0.254 e. The lowest BCUT2D eigenvalue weighted by molar-refractivity contribution is 0.0775. The van der Waals surface area contributed by atoms with E-state index in [1.807, 2.05) is 44.2 Å². The van der Waals surface area contributed by atoms with Crippen LogP contribution in [0.25, 0.3) is 10.9 Å². The zero-order valence-electron chi connectivity index (χ0n) is 13.4. The van der Waals surface area contributed by atoms with Crippen molar-refractivity contribution in [3.8, 4) is 0 Å². The van der Waals surface area contributed by atoms with Crippen molar-refractivity contribution in [2.45, 2.75) is 27.3 Å². The van der Waals surface area contributed by atoms with Gasteiger partial charge in [0.05, 0.1) is 6.54 Å². The highest BCUT2D eigenvalue weighted by Gasteiger charge is 2.15. The molecule has 3 rings (SSSR count). The maximum absolute atomic E-state index is 12.6. The summed E-state index contributed by atoms with van der Waals surface area (Å²) in [6.07, 6.45) is 0. The second-order valence-corrected chi connectivity index (χ2v) is 5.81. The molecule has 0 bridgehead atoms. The van der Waals surface area contributed by atoms with E-state index < -0.39 is 0 Å². The molecule has 114 valence electrons. The topological polar surface area (TPSA) is 49.2 Å². The van der Waals surface area contributed by atoms with Crippen LogP contribution in [0.1, 0.15) is 33.1 Å². The van der Waals surface area contributed by atoms with Crippen LogP contribution in [0.5, 0.6) is 0 Å². The van der Waals surface area contributed by atoms with E-state index in [4.69, 9.17) is 4.42 Å². The quantitative estimate of drug-likeness (QED) is 0.795. The lowest BCUT2D eigenvalue weighted by Gasteiger charge is -2.16. The summed E-state index contributed by atoms with van der Waals surface area (Å²) in [4.78, 5) is 17.6. The van der Waals surface area contributed by atoms with Crippen molar-refractivity contribution in [1.29, 1.82) is 0 Å². The molecule has 1 aromatic carbocycles. The predicted octanol–water partition coefficient (Wildman–Crippen LogP) is 3.96. The van der Waals surface area contributed by atoms with Crippen LogP contribution in [-0.2, 0) is 6.54 Å². The van der Waals surface area contributed by atoms with E-state index in [1.165, 1.54) is 5.56 Å². The molecule has 2 heterocycles. The van der Waals surface area contributed by atoms with Crippen LogP contribution in [0.2, 0.25) is 0 Å². The first-order chi connectivity index (χ1) is 10.5. The predicted molar refractivity (Wildman–Crippen MR) is 87.0 cm³/mol. The first-order valence-corrected chi connectivity index (χ1v) is 7.35. The van der Waals surface area contributed by atoms with E-state index in [9.17, 15) is 4.79 Å². The zero-order valence-corrected chi connectivity index (χ0v) is 13.4. The minimum atomic E-state index is -0.00536. The molecule has 0 aliphatic heterocycles. The number of aromatic nitrogens is 1. The van der Waals surface area contributed by atoms with E-state index >= 15 is 0 Å². The number of fused-ring (bicyclic) bond motifs is 1. The monoisotopic (exact) mass is 296 g/mol. The van der Waals surface area contributed by atoms with Gasteiger partial charge in [0.2, 0.25) is 0 Å². The van der Waals surface area contributed by atoms with Gasteiger partial charge in [0.25, 0.3) is 5.91 Å². The number of aryl methyl sites for hydroxylation is 3. The Labute approximate surface area is 129 Å². The number of H-pyrrole nitrogens is 1. The molecule has 0 spiro atoms. The Morgan fingerprint density at radius 1 is 1.18 bits per heavy atom. The molecule has 0 fully saturated rings. The summed E-state index contributed by atoms with van der Waals surface area (Å²) in [5.74, 6) is 1.65. The molecular formula is C18H20N2O2. The minimum absolute atomic E-state index is 0.00536. The standard InChI is InChI=1S/C18H20N2O2/c1-11-5-7-15(22-11)10-20(4)18(21)14-6-8-17-16(9-14)12(2)13(3)19-17/h5-9,19H,10H2,1-4H3. The fourth-order valence-electron chi connectivity index (χ4n) is 2.69. The summed E-state index contributed by atoms with van der Waals surface area (Å²) in [6.45, 7) is 6.48. The summed E-state index contributed by atoms with van der Waals surface area (Å²) in [6, 6.07) is 9.60. The van der Waals surface area contributed by atoms with Gasteiger partial charge in [-0.1, -0.05) is 0 Å². The number of furan rings is 1. The SMILES string of the molecule is Cc1ccc(CN(C)C(=O)c2ccc3[nH]c(C)c(C)c3c2)o1. The molecular weight excluding hydrogens is 276 g/mol. The van der Waals surface area contributed by atoms with E-state index in [-0.39, 0.29) is 5.91 Å². The van der Waals surface area contributed by atoms with Gasteiger partial charge in [0, 0.05) is 29.2 Å². The second kappa shape index (κ2) is 5.37. The summed E-state index contributed by atoms with van der Waals surface area (Å²) < 4.78 is 5.53. The van der Waals surface area contributed by atoms with Gasteiger partial charge in [-0.25, -0.2) is 0 Å². The van der Waals surface area contributed by atoms with Gasteiger partial charge in [-0.15, -0.1) is 0 Å². The zero-order chi connectivity index (χ0) is 15.9. The van der Waals surface area contributed by atoms with Crippen LogP contribution in [0, 0.1) is 20.8 Å². The highest BCUT2D eigenvalue weighted by atomic mass is 16.3. The molecule has 0 saturated carbocycles. The largest absolute Gasteiger partial charge is 0.464 e. The molecule has 0 radical (unpaired) electrons. The number of amides is 1. The molecule has 0 aliphatic rings. The molecule has 1 amide bonds. The Balaban J connectivity index is 1.86. The lowest BCUT2D eigenvalue weighted by Crippen LogP contribution is -2.25. The molecule has 4 heteroatoms. The average molecular weight is 296 g/mol. The van der Waals surface area contributed by atoms with Crippen LogP contribution in [0.4, 0.5) is 0 Å². The second-order valence-electron chi connectivity index (χ2n) is 5.81. The van der Waals surface area contributed by atoms with Crippen molar-refractivity contribution in [3.63, 3.8) is 0 Å². The van der Waals surface area contributed by atoms with Gasteiger partial charge in [0.1, 0.15) is 11.5 Å². The summed E-state index contributed by atoms with van der Waals surface area (Å²) >= 11 is 0. The number of rotatable bonds is 3. The Bertz CT molecular complexity index is 842. The Kier molecular flexibility index (Phi) is 3.53. The Morgan fingerprint density at radius 2 is 1.95 bits per heavy atom. The summed E-state index contributed by atoms with van der Waals surface area (Å²) in [5.41, 5.74) is 4.09. The number of aromatic amines is 1. The van der Waals surface area contributed by atoms with Crippen LogP contribution in [0.3, 0.4) is 0 Å². The highest BCUT2D eigenvalue weighted by molar-refractivity contribution is 5.98. The van der Waals surface area contributed by atoms with E-state index in [0.29, 0.717) is 12.1 Å². The van der Waals surface area contributed by atoms with Crippen molar-refractivity contribution in [1.82, 2.24) is 9.88 Å². The number of hydrogen-bond donors (Lipinski definition) is 1. The van der Waals surface area contributed by atoms with Crippen molar-refractivity contribution >= 4 is 16.8 Å². The molecule has 3 aromatic rings. The third-order valence-electron chi connectivity index (χ3n) is 4.09. The van der Waals surface area contributed by atoms with Crippen LogP contribution in [-0.4, -0.2) is 22.8 Å². The summed E-state index contributed by atoms with van der Waals surface area (Å²) in [7, 11) is 1.79. The first kappa shape index (κ1) is 14.4. The molecule has 4 nitrogen and oxygen atoms in total. The van der Waals surface area contributed by atoms with Gasteiger partial charge >= 0.3 is 0 Å². The summed E-state index contributed by atoms with van der Waals surface area (Å²) in [5, 5.41) is 1.10. The number of nitrogens with zero attached hydrogens (tertiary/aromatic N) is 1. The van der Waals surface area contributed by atoms with Crippen molar-refractivity contribution in [2.75, 3.05) is 7.05 Å². The fourth-order valence-corrected chi connectivity index (χ4v) is 2.69. The molecule has 22 heavy (non-hydrogen) atoms. The average Bonchev–Trinajstić information content (AvgIpc) is 3.02. The molecule has 1 N–H and O–H groups in total. The van der Waals surface area contributed by atoms with Gasteiger partial charge in [-0.2, -0.15) is 0 Å². The number of hydrogen-bond acceptors (Lipinski definition) is 2. The molecule has 2 aromatic heterocycles. The Hall–Kier alpha value is -2.49. The number of nitrogens with one attached hydrogen (secondary N) is 1. The number of benzene rings is 1.